The maximum absolute atomic E-state index is 12.2. The van der Waals surface area contributed by atoms with Crippen LogP contribution in [0.3, 0.4) is 0 Å². The molecule has 1 aromatic carbocycles. The van der Waals surface area contributed by atoms with Gasteiger partial charge in [-0.25, -0.2) is 18.1 Å². The number of sulfonamides is 1. The number of hydrogen-bond acceptors (Lipinski definition) is 5. The third-order valence-corrected chi connectivity index (χ3v) is 4.70. The van der Waals surface area contributed by atoms with Crippen LogP contribution in [0.15, 0.2) is 45.9 Å². The lowest BCUT2D eigenvalue weighted by molar-refractivity contribution is 0.397. The topological polar surface area (TPSA) is 94.3 Å². The van der Waals surface area contributed by atoms with Crippen LogP contribution in [0.5, 0.6) is 5.88 Å². The van der Waals surface area contributed by atoms with Crippen molar-refractivity contribution in [3.63, 3.8) is 0 Å². The van der Waals surface area contributed by atoms with Crippen LogP contribution in [0.25, 0.3) is 0 Å². The van der Waals surface area contributed by atoms with Crippen molar-refractivity contribution in [1.82, 2.24) is 9.71 Å². The number of nitrogens with one attached hydrogen (secondary N) is 1. The number of nitrogen functional groups attached to an aromatic ring is 1. The van der Waals surface area contributed by atoms with Crippen molar-refractivity contribution in [3.8, 4) is 5.88 Å². The van der Waals surface area contributed by atoms with Gasteiger partial charge in [-0.2, -0.15) is 0 Å². The van der Waals surface area contributed by atoms with E-state index in [9.17, 15) is 8.42 Å². The normalized spacial score (nSPS) is 11.3. The van der Waals surface area contributed by atoms with Gasteiger partial charge in [-0.15, -0.1) is 0 Å². The summed E-state index contributed by atoms with van der Waals surface area (Å²) < 4.78 is 32.6. The summed E-state index contributed by atoms with van der Waals surface area (Å²) in [5, 5.41) is 0. The second-order valence-electron chi connectivity index (χ2n) is 4.22. The molecule has 6 nitrogen and oxygen atoms in total. The number of aromatic nitrogens is 1. The van der Waals surface area contributed by atoms with E-state index in [4.69, 9.17) is 10.5 Å². The van der Waals surface area contributed by atoms with E-state index in [0.29, 0.717) is 5.88 Å². The molecule has 21 heavy (non-hydrogen) atoms. The highest BCUT2D eigenvalue weighted by atomic mass is 79.9. The summed E-state index contributed by atoms with van der Waals surface area (Å²) >= 11 is 3.24. The first-order chi connectivity index (χ1) is 9.92. The zero-order chi connectivity index (χ0) is 15.5. The largest absolute Gasteiger partial charge is 0.481 e. The Morgan fingerprint density at radius 3 is 2.67 bits per heavy atom. The van der Waals surface area contributed by atoms with E-state index in [0.717, 1.165) is 10.0 Å². The van der Waals surface area contributed by atoms with Crippen molar-refractivity contribution in [2.75, 3.05) is 12.8 Å². The van der Waals surface area contributed by atoms with Crippen LogP contribution in [-0.2, 0) is 16.6 Å². The molecular weight excluding hydrogens is 358 g/mol. The molecule has 0 aliphatic carbocycles. The molecule has 8 heteroatoms. The van der Waals surface area contributed by atoms with E-state index in [1.165, 1.54) is 13.2 Å². The van der Waals surface area contributed by atoms with Gasteiger partial charge in [0.1, 0.15) is 4.90 Å². The number of hydrogen-bond donors (Lipinski definition) is 2. The van der Waals surface area contributed by atoms with E-state index in [2.05, 4.69) is 25.6 Å². The van der Waals surface area contributed by atoms with Gasteiger partial charge in [0.2, 0.25) is 15.9 Å². The number of rotatable bonds is 5. The fourth-order valence-corrected chi connectivity index (χ4v) is 3.16. The number of ether oxygens (including phenoxy) is 1. The molecule has 0 fully saturated rings. The predicted octanol–water partition coefficient (Wildman–Crippen LogP) is 1.91. The molecule has 2 aromatic rings. The van der Waals surface area contributed by atoms with Crippen LogP contribution in [-0.4, -0.2) is 20.5 Å². The van der Waals surface area contributed by atoms with Crippen molar-refractivity contribution in [3.05, 3.63) is 46.6 Å². The Morgan fingerprint density at radius 2 is 2.10 bits per heavy atom. The molecule has 0 radical (unpaired) electrons. The van der Waals surface area contributed by atoms with Crippen molar-refractivity contribution >= 4 is 31.6 Å². The maximum Gasteiger partial charge on any atom is 0.242 e. The van der Waals surface area contributed by atoms with Crippen LogP contribution in [0.1, 0.15) is 5.56 Å². The third-order valence-electron chi connectivity index (χ3n) is 2.73. The highest BCUT2D eigenvalue weighted by molar-refractivity contribution is 9.10. The van der Waals surface area contributed by atoms with Crippen LogP contribution < -0.4 is 15.2 Å². The van der Waals surface area contributed by atoms with Gasteiger partial charge < -0.3 is 10.5 Å². The summed E-state index contributed by atoms with van der Waals surface area (Å²) in [6.07, 6.45) is 1.55. The number of halogens is 1. The fraction of sp³-hybridized carbons (Fsp3) is 0.154. The molecular formula is C13H14BrN3O3S. The molecule has 0 aliphatic rings. The predicted molar refractivity (Wildman–Crippen MR) is 83.4 cm³/mol. The Labute approximate surface area is 131 Å². The average Bonchev–Trinajstić information content (AvgIpc) is 2.45. The molecule has 0 saturated heterocycles. The standard InChI is InChI=1S/C13H14BrN3O3S/c1-20-13-5-2-9(7-16-13)8-17-21(18,19)12-4-3-10(14)6-11(12)15/h2-7,17H,8,15H2,1H3. The smallest absolute Gasteiger partial charge is 0.242 e. The molecule has 0 atom stereocenters. The Morgan fingerprint density at radius 1 is 1.33 bits per heavy atom. The molecule has 0 unspecified atom stereocenters. The lowest BCUT2D eigenvalue weighted by atomic mass is 10.3. The first-order valence-electron chi connectivity index (χ1n) is 5.96. The number of anilines is 1. The van der Waals surface area contributed by atoms with E-state index in [-0.39, 0.29) is 17.1 Å². The molecule has 112 valence electrons. The van der Waals surface area contributed by atoms with E-state index >= 15 is 0 Å². The zero-order valence-electron chi connectivity index (χ0n) is 11.2. The quantitative estimate of drug-likeness (QED) is 0.782. The number of nitrogens with zero attached hydrogens (tertiary/aromatic N) is 1. The molecule has 0 saturated carbocycles. The number of benzene rings is 1. The first kappa shape index (κ1) is 15.7. The molecule has 0 bridgehead atoms. The van der Waals surface area contributed by atoms with Gasteiger partial charge >= 0.3 is 0 Å². The van der Waals surface area contributed by atoms with Gasteiger partial charge in [0.05, 0.1) is 12.8 Å². The lowest BCUT2D eigenvalue weighted by Crippen LogP contribution is -2.24. The van der Waals surface area contributed by atoms with Gasteiger partial charge in [0, 0.05) is 23.3 Å². The van der Waals surface area contributed by atoms with Crippen molar-refractivity contribution in [2.24, 2.45) is 0 Å². The maximum atomic E-state index is 12.2. The van der Waals surface area contributed by atoms with Gasteiger partial charge in [0.25, 0.3) is 0 Å². The minimum absolute atomic E-state index is 0.0483. The summed E-state index contributed by atoms with van der Waals surface area (Å²) in [5.41, 5.74) is 6.64. The molecule has 2 rings (SSSR count). The summed E-state index contributed by atoms with van der Waals surface area (Å²) in [6.45, 7) is 0.120. The van der Waals surface area contributed by atoms with Crippen LogP contribution in [0.2, 0.25) is 0 Å². The Hall–Kier alpha value is -1.64. The van der Waals surface area contributed by atoms with Crippen molar-refractivity contribution in [2.45, 2.75) is 11.4 Å². The third kappa shape index (κ3) is 3.93. The average molecular weight is 372 g/mol. The zero-order valence-corrected chi connectivity index (χ0v) is 13.6. The summed E-state index contributed by atoms with van der Waals surface area (Å²) in [4.78, 5) is 4.06. The summed E-state index contributed by atoms with van der Waals surface area (Å²) in [7, 11) is -2.16. The van der Waals surface area contributed by atoms with E-state index < -0.39 is 10.0 Å². The Balaban J connectivity index is 2.13. The molecule has 0 aliphatic heterocycles. The van der Waals surface area contributed by atoms with Crippen LogP contribution in [0, 0.1) is 0 Å². The van der Waals surface area contributed by atoms with Crippen molar-refractivity contribution in [1.29, 1.82) is 0 Å². The van der Waals surface area contributed by atoms with Gasteiger partial charge in [0.15, 0.2) is 0 Å². The minimum atomic E-state index is -3.68. The van der Waals surface area contributed by atoms with Gasteiger partial charge in [-0.05, 0) is 23.8 Å². The van der Waals surface area contributed by atoms with Gasteiger partial charge in [-0.3, -0.25) is 0 Å². The highest BCUT2D eigenvalue weighted by Crippen LogP contribution is 2.22. The van der Waals surface area contributed by atoms with Crippen LogP contribution >= 0.6 is 15.9 Å². The molecule has 0 spiro atoms. The number of pyridine rings is 1. The van der Waals surface area contributed by atoms with Gasteiger partial charge in [-0.1, -0.05) is 22.0 Å². The van der Waals surface area contributed by atoms with E-state index in [1.807, 2.05) is 0 Å². The van der Waals surface area contributed by atoms with E-state index in [1.54, 1.807) is 30.5 Å². The van der Waals surface area contributed by atoms with Crippen LogP contribution in [0.4, 0.5) is 5.69 Å². The minimum Gasteiger partial charge on any atom is -0.481 e. The lowest BCUT2D eigenvalue weighted by Gasteiger charge is -2.09. The second kappa shape index (κ2) is 6.42. The Bertz CT molecular complexity index is 733. The molecule has 1 aromatic heterocycles. The first-order valence-corrected chi connectivity index (χ1v) is 8.23. The Kier molecular flexibility index (Phi) is 4.81. The van der Waals surface area contributed by atoms with Crippen molar-refractivity contribution < 1.29 is 13.2 Å². The number of nitrogens with two attached hydrogens (primary N) is 1. The SMILES string of the molecule is COc1ccc(CNS(=O)(=O)c2ccc(Br)cc2N)cn1. The second-order valence-corrected chi connectivity index (χ2v) is 6.87. The highest BCUT2D eigenvalue weighted by Gasteiger charge is 2.17. The molecule has 1 heterocycles. The summed E-state index contributed by atoms with van der Waals surface area (Å²) in [6, 6.07) is 8.02. The summed E-state index contributed by atoms with van der Waals surface area (Å²) in [5.74, 6) is 0.471. The fourth-order valence-electron chi connectivity index (χ4n) is 1.66. The monoisotopic (exact) mass is 371 g/mol. The number of methoxy groups -OCH3 is 1. The molecule has 0 amide bonds. The molecule has 3 N–H and O–H groups in total.